The summed E-state index contributed by atoms with van der Waals surface area (Å²) >= 11 is 0. The highest BCUT2D eigenvalue weighted by Gasteiger charge is 2.11. The molecule has 1 fully saturated rings. The van der Waals surface area contributed by atoms with Crippen molar-refractivity contribution in [3.8, 4) is 0 Å². The summed E-state index contributed by atoms with van der Waals surface area (Å²) in [6.07, 6.45) is 5.13. The van der Waals surface area contributed by atoms with Gasteiger partial charge in [0.2, 0.25) is 0 Å². The Hall–Kier alpha value is -2.33. The third-order valence-electron chi connectivity index (χ3n) is 4.20. The second-order valence-corrected chi connectivity index (χ2v) is 5.78. The lowest BCUT2D eigenvalue weighted by atomic mass is 10.1. The maximum atomic E-state index is 4.78. The summed E-state index contributed by atoms with van der Waals surface area (Å²) in [5.74, 6) is 0. The molecule has 4 heteroatoms. The molecule has 0 spiro atoms. The molecule has 0 saturated carbocycles. The molecule has 1 aromatic carbocycles. The third kappa shape index (κ3) is 2.70. The van der Waals surface area contributed by atoms with Crippen LogP contribution in [-0.4, -0.2) is 35.6 Å². The second kappa shape index (κ2) is 5.81. The number of aromatic nitrogens is 2. The molecule has 4 rings (SSSR count). The van der Waals surface area contributed by atoms with Crippen molar-refractivity contribution >= 4 is 11.3 Å². The number of rotatable bonds is 3. The monoisotopic (exact) mass is 292 g/mol. The first-order valence-electron chi connectivity index (χ1n) is 7.86. The Balaban J connectivity index is 1.60. The lowest BCUT2D eigenvalue weighted by Gasteiger charge is -2.29. The molecule has 3 heterocycles. The molecule has 0 atom stereocenters. The van der Waals surface area contributed by atoms with Crippen molar-refractivity contribution < 1.29 is 0 Å². The van der Waals surface area contributed by atoms with Crippen LogP contribution in [0.1, 0.15) is 11.3 Å². The van der Waals surface area contributed by atoms with Crippen molar-refractivity contribution in [2.75, 3.05) is 31.1 Å². The van der Waals surface area contributed by atoms with E-state index in [1.54, 1.807) is 0 Å². The van der Waals surface area contributed by atoms with Gasteiger partial charge in [0.05, 0.1) is 5.69 Å². The number of nitrogens with one attached hydrogen (secondary N) is 1. The summed E-state index contributed by atoms with van der Waals surface area (Å²) in [4.78, 5) is 7.20. The van der Waals surface area contributed by atoms with Gasteiger partial charge in [0.15, 0.2) is 0 Å². The largest absolute Gasteiger partial charge is 0.369 e. The van der Waals surface area contributed by atoms with Gasteiger partial charge in [-0.15, -0.1) is 0 Å². The number of hydrogen-bond donors (Lipinski definition) is 1. The quantitative estimate of drug-likeness (QED) is 0.804. The van der Waals surface area contributed by atoms with Crippen LogP contribution in [-0.2, 0) is 6.42 Å². The maximum Gasteiger partial charge on any atom is 0.139 e. The van der Waals surface area contributed by atoms with Gasteiger partial charge in [-0.05, 0) is 11.6 Å². The SMILES string of the molecule is c1ccc(Cc2cn3ccc(N4CCNCC4)cc3n2)cc1. The Morgan fingerprint density at radius 3 is 2.68 bits per heavy atom. The molecule has 1 saturated heterocycles. The van der Waals surface area contributed by atoms with Gasteiger partial charge in [0, 0.05) is 56.7 Å². The summed E-state index contributed by atoms with van der Waals surface area (Å²) < 4.78 is 2.12. The summed E-state index contributed by atoms with van der Waals surface area (Å²) in [7, 11) is 0. The molecule has 1 aliphatic rings. The number of fused-ring (bicyclic) bond motifs is 1. The minimum Gasteiger partial charge on any atom is -0.369 e. The number of nitrogens with zero attached hydrogens (tertiary/aromatic N) is 3. The Morgan fingerprint density at radius 2 is 1.86 bits per heavy atom. The minimum absolute atomic E-state index is 0.880. The fraction of sp³-hybridized carbons (Fsp3) is 0.278. The van der Waals surface area contributed by atoms with Crippen molar-refractivity contribution in [2.24, 2.45) is 0 Å². The predicted molar refractivity (Wildman–Crippen MR) is 89.5 cm³/mol. The highest BCUT2D eigenvalue weighted by Crippen LogP contribution is 2.18. The van der Waals surface area contributed by atoms with Crippen molar-refractivity contribution in [1.29, 1.82) is 0 Å². The van der Waals surface area contributed by atoms with Gasteiger partial charge < -0.3 is 14.6 Å². The predicted octanol–water partition coefficient (Wildman–Crippen LogP) is 2.33. The molecule has 4 nitrogen and oxygen atoms in total. The van der Waals surface area contributed by atoms with Gasteiger partial charge in [0.25, 0.3) is 0 Å². The first-order valence-corrected chi connectivity index (χ1v) is 7.86. The van der Waals surface area contributed by atoms with Crippen molar-refractivity contribution in [3.05, 3.63) is 66.1 Å². The number of imidazole rings is 1. The number of pyridine rings is 1. The summed E-state index contributed by atoms with van der Waals surface area (Å²) in [5, 5.41) is 3.39. The van der Waals surface area contributed by atoms with Crippen LogP contribution in [0.25, 0.3) is 5.65 Å². The fourth-order valence-corrected chi connectivity index (χ4v) is 3.03. The first kappa shape index (κ1) is 13.3. The van der Waals surface area contributed by atoms with Crippen LogP contribution < -0.4 is 10.2 Å². The average molecular weight is 292 g/mol. The summed E-state index contributed by atoms with van der Waals surface area (Å²) in [6, 6.07) is 14.9. The van der Waals surface area contributed by atoms with Crippen LogP contribution in [0, 0.1) is 0 Å². The zero-order chi connectivity index (χ0) is 14.8. The van der Waals surface area contributed by atoms with Crippen LogP contribution in [0.5, 0.6) is 0 Å². The van der Waals surface area contributed by atoms with E-state index < -0.39 is 0 Å². The highest BCUT2D eigenvalue weighted by atomic mass is 15.2. The lowest BCUT2D eigenvalue weighted by molar-refractivity contribution is 0.589. The molecular weight excluding hydrogens is 272 g/mol. The normalized spacial score (nSPS) is 15.4. The zero-order valence-electron chi connectivity index (χ0n) is 12.6. The van der Waals surface area contributed by atoms with Crippen LogP contribution in [0.2, 0.25) is 0 Å². The molecule has 2 aromatic heterocycles. The van der Waals surface area contributed by atoms with Crippen LogP contribution in [0.4, 0.5) is 5.69 Å². The van der Waals surface area contributed by atoms with E-state index in [-0.39, 0.29) is 0 Å². The van der Waals surface area contributed by atoms with E-state index in [0.29, 0.717) is 0 Å². The topological polar surface area (TPSA) is 32.6 Å². The average Bonchev–Trinajstić information content (AvgIpc) is 2.98. The van der Waals surface area contributed by atoms with Gasteiger partial charge in [-0.2, -0.15) is 0 Å². The van der Waals surface area contributed by atoms with E-state index in [2.05, 4.69) is 63.4 Å². The highest BCUT2D eigenvalue weighted by molar-refractivity contribution is 5.57. The number of hydrogen-bond acceptors (Lipinski definition) is 3. The van der Waals surface area contributed by atoms with E-state index in [1.165, 1.54) is 11.3 Å². The van der Waals surface area contributed by atoms with Gasteiger partial charge in [-0.3, -0.25) is 0 Å². The Morgan fingerprint density at radius 1 is 1.05 bits per heavy atom. The molecule has 0 amide bonds. The summed E-state index contributed by atoms with van der Waals surface area (Å²) in [6.45, 7) is 4.24. The lowest BCUT2D eigenvalue weighted by Crippen LogP contribution is -2.43. The fourth-order valence-electron chi connectivity index (χ4n) is 3.03. The van der Waals surface area contributed by atoms with E-state index in [4.69, 9.17) is 4.98 Å². The molecule has 22 heavy (non-hydrogen) atoms. The Bertz CT molecular complexity index is 757. The zero-order valence-corrected chi connectivity index (χ0v) is 12.6. The molecule has 3 aromatic rings. The Labute approximate surface area is 130 Å². The number of benzene rings is 1. The Kier molecular flexibility index (Phi) is 3.52. The van der Waals surface area contributed by atoms with Crippen LogP contribution in [0.15, 0.2) is 54.9 Å². The van der Waals surface area contributed by atoms with Crippen LogP contribution >= 0.6 is 0 Å². The van der Waals surface area contributed by atoms with Gasteiger partial charge in [-0.1, -0.05) is 30.3 Å². The molecule has 0 unspecified atom stereocenters. The molecule has 0 bridgehead atoms. The third-order valence-corrected chi connectivity index (χ3v) is 4.20. The standard InChI is InChI=1S/C18H20N4/c1-2-4-15(5-3-1)12-16-14-22-9-6-17(13-18(22)20-16)21-10-7-19-8-11-21/h1-6,9,13-14,19H,7-8,10-12H2. The molecule has 0 aliphatic carbocycles. The summed E-state index contributed by atoms with van der Waals surface area (Å²) in [5.41, 5.74) is 4.71. The van der Waals surface area contributed by atoms with Crippen molar-refractivity contribution in [3.63, 3.8) is 0 Å². The van der Waals surface area contributed by atoms with E-state index in [1.807, 2.05) is 6.07 Å². The first-order chi connectivity index (χ1) is 10.9. The van der Waals surface area contributed by atoms with Crippen LogP contribution in [0.3, 0.4) is 0 Å². The van der Waals surface area contributed by atoms with Crippen molar-refractivity contribution in [2.45, 2.75) is 6.42 Å². The molecule has 112 valence electrons. The molecule has 0 radical (unpaired) electrons. The van der Waals surface area contributed by atoms with E-state index in [0.717, 1.165) is 43.9 Å². The minimum atomic E-state index is 0.880. The maximum absolute atomic E-state index is 4.78. The van der Waals surface area contributed by atoms with Gasteiger partial charge in [0.1, 0.15) is 5.65 Å². The molecule has 1 N–H and O–H groups in total. The second-order valence-electron chi connectivity index (χ2n) is 5.78. The molecule has 1 aliphatic heterocycles. The van der Waals surface area contributed by atoms with E-state index in [9.17, 15) is 0 Å². The van der Waals surface area contributed by atoms with Gasteiger partial charge >= 0.3 is 0 Å². The smallest absolute Gasteiger partial charge is 0.139 e. The number of piperazine rings is 1. The molecular formula is C18H20N4. The van der Waals surface area contributed by atoms with E-state index >= 15 is 0 Å². The van der Waals surface area contributed by atoms with Crippen molar-refractivity contribution in [1.82, 2.24) is 14.7 Å². The number of anilines is 1. The van der Waals surface area contributed by atoms with Gasteiger partial charge in [-0.25, -0.2) is 4.98 Å².